The molecule has 0 aliphatic rings. The van der Waals surface area contributed by atoms with Gasteiger partial charge in [-0.2, -0.15) is 0 Å². The molecule has 8 nitrogen and oxygen atoms in total. The Balaban J connectivity index is 1.54. The van der Waals surface area contributed by atoms with Crippen LogP contribution in [0.2, 0.25) is 0 Å². The summed E-state index contributed by atoms with van der Waals surface area (Å²) in [6, 6.07) is 12.6. The van der Waals surface area contributed by atoms with Crippen LogP contribution in [0, 0.1) is 0 Å². The van der Waals surface area contributed by atoms with Gasteiger partial charge in [0.05, 0.1) is 22.3 Å². The van der Waals surface area contributed by atoms with Gasteiger partial charge in [0.15, 0.2) is 0 Å². The van der Waals surface area contributed by atoms with Gasteiger partial charge in [-0.15, -0.1) is 0 Å². The highest BCUT2D eigenvalue weighted by Crippen LogP contribution is 2.23. The van der Waals surface area contributed by atoms with Crippen molar-refractivity contribution in [1.82, 2.24) is 18.8 Å². The summed E-state index contributed by atoms with van der Waals surface area (Å²) >= 11 is 0. The topological polar surface area (TPSA) is 97.3 Å². The number of aromatic amines is 1. The van der Waals surface area contributed by atoms with Crippen molar-refractivity contribution in [2.75, 3.05) is 14.1 Å². The van der Waals surface area contributed by atoms with E-state index in [0.29, 0.717) is 17.9 Å². The molecule has 4 aromatic rings. The Labute approximate surface area is 180 Å². The van der Waals surface area contributed by atoms with Crippen molar-refractivity contribution in [1.29, 1.82) is 0 Å². The maximum Gasteiger partial charge on any atom is 0.310 e. The first-order chi connectivity index (χ1) is 14.8. The molecule has 9 heteroatoms. The van der Waals surface area contributed by atoms with E-state index in [1.54, 1.807) is 18.2 Å². The summed E-state index contributed by atoms with van der Waals surface area (Å²) in [6.07, 6.45) is 1.97. The summed E-state index contributed by atoms with van der Waals surface area (Å²) in [5.41, 5.74) is 3.19. The molecule has 0 amide bonds. The van der Waals surface area contributed by atoms with Gasteiger partial charge >= 0.3 is 5.97 Å². The van der Waals surface area contributed by atoms with Gasteiger partial charge in [0.25, 0.3) is 0 Å². The average molecular weight is 441 g/mol. The smallest absolute Gasteiger partial charge is 0.310 e. The third-order valence-corrected chi connectivity index (χ3v) is 7.08. The van der Waals surface area contributed by atoms with E-state index in [0.717, 1.165) is 22.0 Å². The summed E-state index contributed by atoms with van der Waals surface area (Å²) in [7, 11) is -0.578. The molecule has 0 bridgehead atoms. The van der Waals surface area contributed by atoms with Crippen molar-refractivity contribution in [2.45, 2.75) is 31.4 Å². The third kappa shape index (κ3) is 3.94. The summed E-state index contributed by atoms with van der Waals surface area (Å²) < 4.78 is 33.4. The molecule has 4 rings (SSSR count). The Morgan fingerprint density at radius 1 is 1.19 bits per heavy atom. The van der Waals surface area contributed by atoms with Crippen LogP contribution >= 0.6 is 0 Å². The Kier molecular flexibility index (Phi) is 5.55. The zero-order valence-electron chi connectivity index (χ0n) is 17.6. The van der Waals surface area contributed by atoms with Gasteiger partial charge in [0.2, 0.25) is 10.0 Å². The maximum absolute atomic E-state index is 12.4. The lowest BCUT2D eigenvalue weighted by molar-refractivity contribution is -0.144. The quantitative estimate of drug-likeness (QED) is 0.446. The van der Waals surface area contributed by atoms with Gasteiger partial charge in [-0.1, -0.05) is 18.2 Å². The summed E-state index contributed by atoms with van der Waals surface area (Å²) in [4.78, 5) is 20.3. The molecule has 0 saturated carbocycles. The SMILES string of the molecule is CCn1c(COC(=O)Cc2c[nH]c3ccccc23)nc2cc(S(=O)(=O)N(C)C)ccc21. The van der Waals surface area contributed by atoms with Gasteiger partial charge in [0, 0.05) is 37.7 Å². The minimum atomic E-state index is -3.56. The number of hydrogen-bond donors (Lipinski definition) is 1. The second-order valence-corrected chi connectivity index (χ2v) is 9.56. The maximum atomic E-state index is 12.4. The van der Waals surface area contributed by atoms with E-state index in [1.165, 1.54) is 18.4 Å². The normalized spacial score (nSPS) is 12.1. The number of nitrogens with one attached hydrogen (secondary N) is 1. The molecule has 0 aliphatic heterocycles. The van der Waals surface area contributed by atoms with Crippen LogP contribution in [0.3, 0.4) is 0 Å². The number of esters is 1. The van der Waals surface area contributed by atoms with Crippen molar-refractivity contribution in [3.8, 4) is 0 Å². The zero-order valence-corrected chi connectivity index (χ0v) is 18.4. The first kappa shape index (κ1) is 21.1. The molecule has 162 valence electrons. The molecule has 31 heavy (non-hydrogen) atoms. The standard InChI is InChI=1S/C22H24N4O4S/c1-4-26-20-10-9-16(31(28,29)25(2)3)12-19(20)24-21(26)14-30-22(27)11-15-13-23-18-8-6-5-7-17(15)18/h5-10,12-13,23H,4,11,14H2,1-3H3. The molecule has 0 atom stereocenters. The molecule has 0 unspecified atom stereocenters. The second-order valence-electron chi connectivity index (χ2n) is 7.41. The van der Waals surface area contributed by atoms with E-state index in [4.69, 9.17) is 4.74 Å². The molecule has 0 radical (unpaired) electrons. The van der Waals surface area contributed by atoms with Crippen LogP contribution in [0.5, 0.6) is 0 Å². The van der Waals surface area contributed by atoms with Crippen LogP contribution in [0.1, 0.15) is 18.3 Å². The number of para-hydroxylation sites is 1. The molecule has 2 aromatic heterocycles. The molecule has 0 saturated heterocycles. The van der Waals surface area contributed by atoms with Crippen LogP contribution in [0.4, 0.5) is 0 Å². The summed E-state index contributed by atoms with van der Waals surface area (Å²) in [5, 5.41) is 0.995. The predicted molar refractivity (Wildman–Crippen MR) is 118 cm³/mol. The van der Waals surface area contributed by atoms with Gasteiger partial charge < -0.3 is 14.3 Å². The molecular formula is C22H24N4O4S. The van der Waals surface area contributed by atoms with Crippen molar-refractivity contribution < 1.29 is 17.9 Å². The molecule has 1 N–H and O–H groups in total. The minimum absolute atomic E-state index is 0.0134. The van der Waals surface area contributed by atoms with Crippen LogP contribution in [0.15, 0.2) is 53.6 Å². The number of aromatic nitrogens is 3. The minimum Gasteiger partial charge on any atom is -0.457 e. The highest BCUT2D eigenvalue weighted by molar-refractivity contribution is 7.89. The highest BCUT2D eigenvalue weighted by atomic mass is 32.2. The van der Waals surface area contributed by atoms with Crippen LogP contribution in [-0.2, 0) is 39.1 Å². The van der Waals surface area contributed by atoms with E-state index in [2.05, 4.69) is 9.97 Å². The highest BCUT2D eigenvalue weighted by Gasteiger charge is 2.20. The van der Waals surface area contributed by atoms with Crippen molar-refractivity contribution in [3.05, 3.63) is 60.0 Å². The number of imidazole rings is 1. The number of hydrogen-bond acceptors (Lipinski definition) is 5. The third-order valence-electron chi connectivity index (χ3n) is 5.27. The number of nitrogens with zero attached hydrogens (tertiary/aromatic N) is 3. The number of aryl methyl sites for hydroxylation is 1. The van der Waals surface area contributed by atoms with Gasteiger partial charge in [0.1, 0.15) is 12.4 Å². The number of H-pyrrole nitrogens is 1. The zero-order chi connectivity index (χ0) is 22.2. The average Bonchev–Trinajstić information content (AvgIpc) is 3.32. The predicted octanol–water partition coefficient (Wildman–Crippen LogP) is 3.07. The number of rotatable bonds is 7. The van der Waals surface area contributed by atoms with Crippen LogP contribution in [0.25, 0.3) is 21.9 Å². The fourth-order valence-electron chi connectivity index (χ4n) is 3.62. The number of ether oxygens (including phenoxy) is 1. The van der Waals surface area contributed by atoms with Crippen molar-refractivity contribution in [2.24, 2.45) is 0 Å². The Bertz CT molecular complexity index is 1370. The number of carbonyl (C=O) groups excluding carboxylic acids is 1. The fourth-order valence-corrected chi connectivity index (χ4v) is 4.55. The molecule has 0 fully saturated rings. The first-order valence-corrected chi connectivity index (χ1v) is 11.4. The lowest BCUT2D eigenvalue weighted by atomic mass is 10.1. The second kappa shape index (κ2) is 8.16. The molecule has 2 heterocycles. The number of carbonyl (C=O) groups is 1. The van der Waals surface area contributed by atoms with E-state index in [-0.39, 0.29) is 23.9 Å². The number of benzene rings is 2. The van der Waals surface area contributed by atoms with Gasteiger partial charge in [-0.3, -0.25) is 4.79 Å². The Hall–Kier alpha value is -3.17. The van der Waals surface area contributed by atoms with Gasteiger partial charge in [-0.25, -0.2) is 17.7 Å². The molecular weight excluding hydrogens is 416 g/mol. The summed E-state index contributed by atoms with van der Waals surface area (Å²) in [6.45, 7) is 2.59. The van der Waals surface area contributed by atoms with E-state index >= 15 is 0 Å². The van der Waals surface area contributed by atoms with Crippen molar-refractivity contribution in [3.63, 3.8) is 0 Å². The Morgan fingerprint density at radius 3 is 2.71 bits per heavy atom. The first-order valence-electron chi connectivity index (χ1n) is 9.93. The van der Waals surface area contributed by atoms with E-state index < -0.39 is 10.0 Å². The number of fused-ring (bicyclic) bond motifs is 2. The van der Waals surface area contributed by atoms with Crippen LogP contribution in [-0.4, -0.2) is 47.3 Å². The van der Waals surface area contributed by atoms with E-state index in [1.807, 2.05) is 42.0 Å². The van der Waals surface area contributed by atoms with E-state index in [9.17, 15) is 13.2 Å². The van der Waals surface area contributed by atoms with Crippen molar-refractivity contribution >= 4 is 37.9 Å². The number of sulfonamides is 1. The summed E-state index contributed by atoms with van der Waals surface area (Å²) in [5.74, 6) is 0.222. The largest absolute Gasteiger partial charge is 0.457 e. The lowest BCUT2D eigenvalue weighted by Crippen LogP contribution is -2.22. The molecule has 0 spiro atoms. The lowest BCUT2D eigenvalue weighted by Gasteiger charge is -2.11. The van der Waals surface area contributed by atoms with Crippen LogP contribution < -0.4 is 0 Å². The Morgan fingerprint density at radius 2 is 1.97 bits per heavy atom. The molecule has 0 aliphatic carbocycles. The monoisotopic (exact) mass is 440 g/mol. The fraction of sp³-hybridized carbons (Fsp3) is 0.273. The van der Waals surface area contributed by atoms with Gasteiger partial charge in [-0.05, 0) is 36.8 Å². The molecule has 2 aromatic carbocycles.